The van der Waals surface area contributed by atoms with Crippen LogP contribution in [-0.4, -0.2) is 17.6 Å². The van der Waals surface area contributed by atoms with Crippen LogP contribution in [0.15, 0.2) is 12.3 Å². The summed E-state index contributed by atoms with van der Waals surface area (Å²) in [4.78, 5) is 6.78. The van der Waals surface area contributed by atoms with Gasteiger partial charge >= 0.3 is 0 Å². The molecule has 1 aliphatic heterocycles. The third-order valence-electron chi connectivity index (χ3n) is 2.90. The number of pyridine rings is 1. The summed E-state index contributed by atoms with van der Waals surface area (Å²) < 4.78 is 0. The van der Waals surface area contributed by atoms with E-state index >= 15 is 0 Å². The molecule has 76 valence electrons. The highest BCUT2D eigenvalue weighted by Crippen LogP contribution is 2.26. The van der Waals surface area contributed by atoms with Gasteiger partial charge < -0.3 is 10.6 Å². The maximum absolute atomic E-state index is 5.68. The molecule has 0 spiro atoms. The molecule has 3 nitrogen and oxygen atoms in total. The highest BCUT2D eigenvalue weighted by molar-refractivity contribution is 5.53. The largest absolute Gasteiger partial charge is 0.397 e. The Morgan fingerprint density at radius 2 is 2.36 bits per heavy atom. The molecule has 1 atom stereocenters. The van der Waals surface area contributed by atoms with Crippen LogP contribution in [0.2, 0.25) is 0 Å². The Bertz CT molecular complexity index is 335. The van der Waals surface area contributed by atoms with Gasteiger partial charge in [-0.2, -0.15) is 0 Å². The summed E-state index contributed by atoms with van der Waals surface area (Å²) in [7, 11) is 0. The maximum atomic E-state index is 5.68. The predicted molar refractivity (Wildman–Crippen MR) is 59.4 cm³/mol. The van der Waals surface area contributed by atoms with Crippen LogP contribution in [-0.2, 0) is 0 Å². The maximum Gasteiger partial charge on any atom is 0.131 e. The Hall–Kier alpha value is -1.25. The summed E-state index contributed by atoms with van der Waals surface area (Å²) in [6, 6.07) is 2.61. The van der Waals surface area contributed by atoms with Crippen molar-refractivity contribution >= 4 is 11.5 Å². The summed E-state index contributed by atoms with van der Waals surface area (Å²) >= 11 is 0. The molecule has 0 saturated carbocycles. The van der Waals surface area contributed by atoms with Gasteiger partial charge in [-0.3, -0.25) is 0 Å². The fourth-order valence-electron chi connectivity index (χ4n) is 2.14. The van der Waals surface area contributed by atoms with Crippen molar-refractivity contribution in [1.82, 2.24) is 4.98 Å². The van der Waals surface area contributed by atoms with E-state index in [1.54, 1.807) is 6.20 Å². The fraction of sp³-hybridized carbons (Fsp3) is 0.545. The second-order valence-electron chi connectivity index (χ2n) is 4.09. The molecule has 0 aliphatic carbocycles. The first kappa shape index (κ1) is 9.31. The lowest BCUT2D eigenvalue weighted by Crippen LogP contribution is -2.27. The molecule has 3 heteroatoms. The monoisotopic (exact) mass is 191 g/mol. The van der Waals surface area contributed by atoms with E-state index in [-0.39, 0.29) is 0 Å². The first-order valence-corrected chi connectivity index (χ1v) is 5.17. The molecule has 2 rings (SSSR count). The number of nitrogens with two attached hydrogens (primary N) is 1. The van der Waals surface area contributed by atoms with E-state index < -0.39 is 0 Å². The third-order valence-corrected chi connectivity index (χ3v) is 2.90. The number of rotatable bonds is 1. The number of hydrogen-bond donors (Lipinski definition) is 1. The molecule has 1 fully saturated rings. The predicted octanol–water partition coefficient (Wildman–Crippen LogP) is 1.96. The van der Waals surface area contributed by atoms with Crippen LogP contribution in [0.5, 0.6) is 0 Å². The van der Waals surface area contributed by atoms with Gasteiger partial charge in [0, 0.05) is 12.6 Å². The quantitative estimate of drug-likeness (QED) is 0.737. The van der Waals surface area contributed by atoms with Gasteiger partial charge in [0.2, 0.25) is 0 Å². The normalized spacial score (nSPS) is 21.6. The standard InChI is InChI=1S/C11H17N3/c1-8-6-10(12)7-13-11(8)14-5-3-4-9(14)2/h6-7,9H,3-5,12H2,1-2H3/t9-/m0/s1. The zero-order chi connectivity index (χ0) is 10.1. The Morgan fingerprint density at radius 1 is 1.57 bits per heavy atom. The van der Waals surface area contributed by atoms with Gasteiger partial charge in [-0.05, 0) is 38.3 Å². The number of anilines is 2. The highest BCUT2D eigenvalue weighted by atomic mass is 15.2. The number of nitrogen functional groups attached to an aromatic ring is 1. The van der Waals surface area contributed by atoms with Crippen molar-refractivity contribution in [2.24, 2.45) is 0 Å². The van der Waals surface area contributed by atoms with E-state index in [4.69, 9.17) is 5.73 Å². The summed E-state index contributed by atoms with van der Waals surface area (Å²) in [5.74, 6) is 1.10. The van der Waals surface area contributed by atoms with Crippen LogP contribution in [0.4, 0.5) is 11.5 Å². The van der Waals surface area contributed by atoms with E-state index in [1.807, 2.05) is 6.07 Å². The van der Waals surface area contributed by atoms with Gasteiger partial charge in [0.15, 0.2) is 0 Å². The number of hydrogen-bond acceptors (Lipinski definition) is 3. The van der Waals surface area contributed by atoms with E-state index in [0.717, 1.165) is 18.1 Å². The number of aromatic nitrogens is 1. The lowest BCUT2D eigenvalue weighted by molar-refractivity contribution is 0.725. The van der Waals surface area contributed by atoms with Crippen LogP contribution >= 0.6 is 0 Å². The topological polar surface area (TPSA) is 42.1 Å². The molecule has 0 amide bonds. The highest BCUT2D eigenvalue weighted by Gasteiger charge is 2.22. The summed E-state index contributed by atoms with van der Waals surface area (Å²) in [6.07, 6.45) is 4.28. The number of aryl methyl sites for hydroxylation is 1. The van der Waals surface area contributed by atoms with Crippen molar-refractivity contribution in [2.45, 2.75) is 32.7 Å². The van der Waals surface area contributed by atoms with Crippen molar-refractivity contribution in [3.63, 3.8) is 0 Å². The molecule has 14 heavy (non-hydrogen) atoms. The van der Waals surface area contributed by atoms with Crippen LogP contribution in [0, 0.1) is 6.92 Å². The summed E-state index contributed by atoms with van der Waals surface area (Å²) in [5, 5.41) is 0. The molecule has 0 aromatic carbocycles. The summed E-state index contributed by atoms with van der Waals surface area (Å²) in [6.45, 7) is 5.45. The molecule has 2 N–H and O–H groups in total. The third kappa shape index (κ3) is 1.54. The van der Waals surface area contributed by atoms with Crippen molar-refractivity contribution in [1.29, 1.82) is 0 Å². The van der Waals surface area contributed by atoms with Gasteiger partial charge in [-0.1, -0.05) is 0 Å². The van der Waals surface area contributed by atoms with Crippen LogP contribution < -0.4 is 10.6 Å². The van der Waals surface area contributed by atoms with Crippen LogP contribution in [0.3, 0.4) is 0 Å². The van der Waals surface area contributed by atoms with Crippen molar-refractivity contribution in [2.75, 3.05) is 17.2 Å². The molecule has 1 aliphatic rings. The molecule has 0 radical (unpaired) electrons. The smallest absolute Gasteiger partial charge is 0.131 e. The fourth-order valence-corrected chi connectivity index (χ4v) is 2.14. The van der Waals surface area contributed by atoms with Crippen LogP contribution in [0.25, 0.3) is 0 Å². The van der Waals surface area contributed by atoms with Gasteiger partial charge in [0.1, 0.15) is 5.82 Å². The second-order valence-corrected chi connectivity index (χ2v) is 4.09. The van der Waals surface area contributed by atoms with Gasteiger partial charge in [0.05, 0.1) is 11.9 Å². The lowest BCUT2D eigenvalue weighted by Gasteiger charge is -2.24. The second kappa shape index (κ2) is 3.48. The molecule has 1 aromatic heterocycles. The molecule has 2 heterocycles. The molecular weight excluding hydrogens is 174 g/mol. The van der Waals surface area contributed by atoms with E-state index in [9.17, 15) is 0 Å². The van der Waals surface area contributed by atoms with Gasteiger partial charge in [-0.15, -0.1) is 0 Å². The van der Waals surface area contributed by atoms with Gasteiger partial charge in [-0.25, -0.2) is 4.98 Å². The minimum Gasteiger partial charge on any atom is -0.397 e. The Morgan fingerprint density at radius 3 is 2.93 bits per heavy atom. The average Bonchev–Trinajstić information content (AvgIpc) is 2.52. The minimum atomic E-state index is 0.616. The Balaban J connectivity index is 2.31. The van der Waals surface area contributed by atoms with Crippen molar-refractivity contribution < 1.29 is 0 Å². The Labute approximate surface area is 84.9 Å². The molecule has 1 saturated heterocycles. The van der Waals surface area contributed by atoms with E-state index in [2.05, 4.69) is 23.7 Å². The van der Waals surface area contributed by atoms with Crippen molar-refractivity contribution in [3.05, 3.63) is 17.8 Å². The van der Waals surface area contributed by atoms with Crippen LogP contribution in [0.1, 0.15) is 25.3 Å². The molecule has 0 bridgehead atoms. The van der Waals surface area contributed by atoms with Crippen molar-refractivity contribution in [3.8, 4) is 0 Å². The first-order valence-electron chi connectivity index (χ1n) is 5.17. The first-order chi connectivity index (χ1) is 6.68. The van der Waals surface area contributed by atoms with E-state index in [1.165, 1.54) is 18.4 Å². The minimum absolute atomic E-state index is 0.616. The average molecular weight is 191 g/mol. The SMILES string of the molecule is Cc1cc(N)cnc1N1CCC[C@@H]1C. The van der Waals surface area contributed by atoms with Gasteiger partial charge in [0.25, 0.3) is 0 Å². The zero-order valence-electron chi connectivity index (χ0n) is 8.83. The lowest BCUT2D eigenvalue weighted by atomic mass is 10.2. The zero-order valence-corrected chi connectivity index (χ0v) is 8.83. The Kier molecular flexibility index (Phi) is 2.32. The molecule has 0 unspecified atom stereocenters. The van der Waals surface area contributed by atoms with E-state index in [0.29, 0.717) is 6.04 Å². The molecular formula is C11H17N3. The number of nitrogens with zero attached hydrogens (tertiary/aromatic N) is 2. The molecule has 1 aromatic rings. The summed E-state index contributed by atoms with van der Waals surface area (Å²) in [5.41, 5.74) is 7.61.